The van der Waals surface area contributed by atoms with E-state index in [1.165, 1.54) is 0 Å². The summed E-state index contributed by atoms with van der Waals surface area (Å²) in [5.74, 6) is -0.857. The number of amides is 1. The molecule has 0 aromatic heterocycles. The minimum Gasteiger partial charge on any atom is -0.460 e. The number of ether oxygens (including phenoxy) is 1. The minimum absolute atomic E-state index is 0.00593. The largest absolute Gasteiger partial charge is 0.460 e. The topological polar surface area (TPSA) is 107 Å². The van der Waals surface area contributed by atoms with Crippen LogP contribution in [0.4, 0.5) is 0 Å². The molecule has 0 aromatic carbocycles. The summed E-state index contributed by atoms with van der Waals surface area (Å²) in [6, 6.07) is -1.04. The van der Waals surface area contributed by atoms with E-state index < -0.39 is 24.0 Å². The molecule has 1 rings (SSSR count). The van der Waals surface area contributed by atoms with Gasteiger partial charge >= 0.3 is 5.97 Å². The third-order valence-electron chi connectivity index (χ3n) is 2.48. The number of nitrogens with two attached hydrogens (primary N) is 2. The number of esters is 1. The summed E-state index contributed by atoms with van der Waals surface area (Å²) < 4.78 is 5.18. The highest BCUT2D eigenvalue weighted by molar-refractivity contribution is 14.1. The lowest BCUT2D eigenvalue weighted by Crippen LogP contribution is -2.40. The summed E-state index contributed by atoms with van der Waals surface area (Å²) in [6.45, 7) is 2.29. The lowest BCUT2D eigenvalue weighted by molar-refractivity contribution is -0.149. The van der Waals surface area contributed by atoms with Crippen LogP contribution in [0.2, 0.25) is 0 Å². The highest BCUT2D eigenvalue weighted by atomic mass is 127. The van der Waals surface area contributed by atoms with Crippen molar-refractivity contribution in [3.8, 4) is 0 Å². The molecule has 1 amide bonds. The fourth-order valence-corrected chi connectivity index (χ4v) is 1.73. The van der Waals surface area contributed by atoms with Crippen molar-refractivity contribution < 1.29 is 14.3 Å². The molecule has 4 atom stereocenters. The summed E-state index contributed by atoms with van der Waals surface area (Å²) in [5.41, 5.74) is 10.8. The van der Waals surface area contributed by atoms with Crippen molar-refractivity contribution in [2.24, 2.45) is 11.5 Å². The highest BCUT2D eigenvalue weighted by Gasteiger charge is 2.32. The monoisotopic (exact) mass is 341 g/mol. The summed E-state index contributed by atoms with van der Waals surface area (Å²) in [4.78, 5) is 22.4. The van der Waals surface area contributed by atoms with Crippen LogP contribution in [0.3, 0.4) is 0 Å². The van der Waals surface area contributed by atoms with Crippen molar-refractivity contribution >= 4 is 34.5 Å². The standard InChI is InChI=1S/C9H16IN3O3/c1-4(10)7(11)9(15)16-5-2-6(8(12)14)13-3-5/h4-7,13H,2-3,11H2,1H3,(H2,12,14)/t4?,5-,6+,7+/m1/s1. The summed E-state index contributed by atoms with van der Waals surface area (Å²) in [6.07, 6.45) is 0.106. The van der Waals surface area contributed by atoms with Crippen LogP contribution < -0.4 is 16.8 Å². The number of carbonyl (C=O) groups excluding carboxylic acids is 2. The molecule has 1 heterocycles. The van der Waals surface area contributed by atoms with E-state index in [-0.39, 0.29) is 10.0 Å². The Kier molecular flexibility index (Phi) is 4.93. The molecule has 0 aromatic rings. The molecule has 1 aliphatic rings. The molecule has 0 spiro atoms. The number of alkyl halides is 1. The number of rotatable bonds is 4. The Hall–Kier alpha value is -0.410. The first-order valence-electron chi connectivity index (χ1n) is 5.04. The second-order valence-electron chi connectivity index (χ2n) is 3.86. The summed E-state index contributed by atoms with van der Waals surface area (Å²) >= 11 is 2.07. The molecular formula is C9H16IN3O3. The van der Waals surface area contributed by atoms with E-state index in [4.69, 9.17) is 16.2 Å². The molecule has 0 aliphatic carbocycles. The summed E-state index contributed by atoms with van der Waals surface area (Å²) in [5, 5.41) is 2.89. The Morgan fingerprint density at radius 1 is 1.56 bits per heavy atom. The quantitative estimate of drug-likeness (QED) is 0.342. The van der Waals surface area contributed by atoms with Crippen molar-refractivity contribution in [3.63, 3.8) is 0 Å². The first-order valence-corrected chi connectivity index (χ1v) is 6.29. The Labute approximate surface area is 108 Å². The Morgan fingerprint density at radius 3 is 2.62 bits per heavy atom. The van der Waals surface area contributed by atoms with E-state index >= 15 is 0 Å². The SMILES string of the molecule is CC(I)[C@H](N)C(=O)O[C@H]1CN[C@H](C(N)=O)C1. The second-order valence-corrected chi connectivity index (χ2v) is 5.83. The van der Waals surface area contributed by atoms with Crippen LogP contribution in [0.25, 0.3) is 0 Å². The molecule has 1 fully saturated rings. The van der Waals surface area contributed by atoms with Gasteiger partial charge in [0.2, 0.25) is 5.91 Å². The summed E-state index contributed by atoms with van der Waals surface area (Å²) in [7, 11) is 0. The van der Waals surface area contributed by atoms with E-state index in [9.17, 15) is 9.59 Å². The van der Waals surface area contributed by atoms with Gasteiger partial charge in [-0.05, 0) is 0 Å². The minimum atomic E-state index is -0.631. The van der Waals surface area contributed by atoms with Crippen LogP contribution in [0.5, 0.6) is 0 Å². The van der Waals surface area contributed by atoms with Crippen molar-refractivity contribution in [3.05, 3.63) is 0 Å². The number of halogens is 1. The molecule has 16 heavy (non-hydrogen) atoms. The van der Waals surface area contributed by atoms with E-state index in [1.54, 1.807) is 0 Å². The molecule has 1 unspecified atom stereocenters. The molecule has 92 valence electrons. The van der Waals surface area contributed by atoms with Crippen LogP contribution in [0, 0.1) is 0 Å². The predicted octanol–water partition coefficient (Wildman–Crippen LogP) is -1.10. The van der Waals surface area contributed by atoms with Crippen molar-refractivity contribution in [1.82, 2.24) is 5.32 Å². The van der Waals surface area contributed by atoms with Gasteiger partial charge in [-0.2, -0.15) is 0 Å². The van der Waals surface area contributed by atoms with Gasteiger partial charge in [0.05, 0.1) is 6.04 Å². The van der Waals surface area contributed by atoms with Crippen LogP contribution in [0.15, 0.2) is 0 Å². The molecular weight excluding hydrogens is 325 g/mol. The fraction of sp³-hybridized carbons (Fsp3) is 0.778. The maximum absolute atomic E-state index is 11.5. The third-order valence-corrected chi connectivity index (χ3v) is 3.26. The first kappa shape index (κ1) is 13.7. The van der Waals surface area contributed by atoms with Gasteiger partial charge in [0.25, 0.3) is 0 Å². The Bertz CT molecular complexity index is 285. The lowest BCUT2D eigenvalue weighted by atomic mass is 10.2. The predicted molar refractivity (Wildman–Crippen MR) is 66.9 cm³/mol. The molecule has 0 bridgehead atoms. The van der Waals surface area contributed by atoms with Crippen LogP contribution in [-0.2, 0) is 14.3 Å². The second kappa shape index (κ2) is 5.78. The van der Waals surface area contributed by atoms with E-state index in [0.717, 1.165) is 0 Å². The van der Waals surface area contributed by atoms with E-state index in [0.29, 0.717) is 13.0 Å². The van der Waals surface area contributed by atoms with Crippen molar-refractivity contribution in [2.75, 3.05) is 6.54 Å². The Morgan fingerprint density at radius 2 is 2.19 bits per heavy atom. The normalized spacial score (nSPS) is 28.4. The van der Waals surface area contributed by atoms with Crippen molar-refractivity contribution in [1.29, 1.82) is 0 Å². The number of nitrogens with one attached hydrogen (secondary N) is 1. The molecule has 1 aliphatic heterocycles. The average Bonchev–Trinajstić information content (AvgIpc) is 2.64. The number of hydrogen-bond donors (Lipinski definition) is 3. The van der Waals surface area contributed by atoms with Gasteiger partial charge in [0.15, 0.2) is 0 Å². The van der Waals surface area contributed by atoms with Gasteiger partial charge in [0, 0.05) is 16.9 Å². The van der Waals surface area contributed by atoms with E-state index in [2.05, 4.69) is 27.9 Å². The van der Waals surface area contributed by atoms with Crippen LogP contribution >= 0.6 is 22.6 Å². The highest BCUT2D eigenvalue weighted by Crippen LogP contribution is 2.12. The zero-order valence-corrected chi connectivity index (χ0v) is 11.1. The molecule has 0 radical (unpaired) electrons. The number of hydrogen-bond acceptors (Lipinski definition) is 5. The van der Waals surface area contributed by atoms with Gasteiger partial charge in [-0.25, -0.2) is 0 Å². The maximum atomic E-state index is 11.5. The molecule has 0 saturated carbocycles. The number of carbonyl (C=O) groups is 2. The molecule has 6 nitrogen and oxygen atoms in total. The molecule has 7 heteroatoms. The van der Waals surface area contributed by atoms with Gasteiger partial charge in [-0.3, -0.25) is 9.59 Å². The average molecular weight is 341 g/mol. The zero-order chi connectivity index (χ0) is 12.3. The zero-order valence-electron chi connectivity index (χ0n) is 8.98. The lowest BCUT2D eigenvalue weighted by Gasteiger charge is -2.16. The van der Waals surface area contributed by atoms with Crippen LogP contribution in [0.1, 0.15) is 13.3 Å². The first-order chi connectivity index (χ1) is 7.41. The molecule has 5 N–H and O–H groups in total. The van der Waals surface area contributed by atoms with Crippen molar-refractivity contribution in [2.45, 2.75) is 35.5 Å². The number of primary amides is 1. The van der Waals surface area contributed by atoms with Gasteiger partial charge in [-0.15, -0.1) is 0 Å². The fourth-order valence-electron chi connectivity index (χ4n) is 1.44. The van der Waals surface area contributed by atoms with E-state index in [1.807, 2.05) is 6.92 Å². The van der Waals surface area contributed by atoms with Crippen LogP contribution in [-0.4, -0.2) is 40.5 Å². The van der Waals surface area contributed by atoms with Gasteiger partial charge in [0.1, 0.15) is 12.1 Å². The smallest absolute Gasteiger partial charge is 0.324 e. The Balaban J connectivity index is 2.40. The van der Waals surface area contributed by atoms with Gasteiger partial charge in [-0.1, -0.05) is 29.5 Å². The molecule has 1 saturated heterocycles. The maximum Gasteiger partial charge on any atom is 0.324 e. The van der Waals surface area contributed by atoms with Gasteiger partial charge < -0.3 is 21.5 Å². The third kappa shape index (κ3) is 3.56.